The van der Waals surface area contributed by atoms with Gasteiger partial charge in [0, 0.05) is 24.7 Å². The van der Waals surface area contributed by atoms with E-state index in [9.17, 15) is 30.0 Å². The van der Waals surface area contributed by atoms with Crippen LogP contribution in [0.4, 0.5) is 0 Å². The highest BCUT2D eigenvalue weighted by atomic mass is 16.5. The molecule has 0 aliphatic heterocycles. The van der Waals surface area contributed by atoms with Gasteiger partial charge in [0.2, 0.25) is 11.8 Å². The lowest BCUT2D eigenvalue weighted by Gasteiger charge is -2.36. The Bertz CT molecular complexity index is 2410. The number of carboxylic acids is 2. The molecule has 2 aliphatic carbocycles. The van der Waals surface area contributed by atoms with Gasteiger partial charge in [0.15, 0.2) is 22.7 Å². The van der Waals surface area contributed by atoms with Crippen LogP contribution in [0, 0.1) is 11.8 Å². The van der Waals surface area contributed by atoms with Crippen molar-refractivity contribution in [2.24, 2.45) is 11.8 Å². The van der Waals surface area contributed by atoms with Crippen molar-refractivity contribution < 1.29 is 57.3 Å². The quantitative estimate of drug-likeness (QED) is 0.0378. The standard InChI is InChI=1S/2C28H37N2O3.C4H4O4/c2*1-30(2,19-12-20-32-25-17-10-5-11-18-25)22-26-21-29-27(33-26)28(31,23-13-6-3-7-14-23)24-15-8-4-9-16-24;5-3(6)1-2-4(7)8/h2*3,5-7,10-11,13-14,17-18,21,24,31H,4,8-9,12,15-16,19-20,22H2,1-2H3;1-2H,(H,5,6)(H,7,8)/q2*+1;/p-2/t2*28-;/m00./s1. The second kappa shape index (κ2) is 27.6. The fourth-order valence-corrected chi connectivity index (χ4v) is 10.1. The fourth-order valence-electron chi connectivity index (χ4n) is 10.1. The molecule has 0 amide bonds. The van der Waals surface area contributed by atoms with E-state index in [1.807, 2.05) is 121 Å². The van der Waals surface area contributed by atoms with E-state index in [0.29, 0.717) is 50.2 Å². The Morgan fingerprint density at radius 2 is 0.878 bits per heavy atom. The highest BCUT2D eigenvalue weighted by molar-refractivity contribution is 5.87. The molecule has 2 fully saturated rings. The first-order valence-electron chi connectivity index (χ1n) is 26.1. The Balaban J connectivity index is 0.000000210. The summed E-state index contributed by atoms with van der Waals surface area (Å²) >= 11 is 0. The minimum atomic E-state index is -1.55. The topological polar surface area (TPSA) is 191 Å². The van der Waals surface area contributed by atoms with Gasteiger partial charge in [-0.2, -0.15) is 0 Å². The van der Waals surface area contributed by atoms with Crippen molar-refractivity contribution in [3.05, 3.63) is 180 Å². The van der Waals surface area contributed by atoms with E-state index in [0.717, 1.165) is 120 Å². The number of rotatable bonds is 22. The number of nitrogens with zero attached hydrogens (tertiary/aromatic N) is 4. The van der Waals surface area contributed by atoms with Gasteiger partial charge in [-0.3, -0.25) is 0 Å². The number of quaternary nitrogens is 2. The molecule has 0 unspecified atom stereocenters. The summed E-state index contributed by atoms with van der Waals surface area (Å²) in [7, 11) is 8.76. The Morgan fingerprint density at radius 3 is 1.20 bits per heavy atom. The van der Waals surface area contributed by atoms with Crippen molar-refractivity contribution in [2.45, 2.75) is 101 Å². The minimum absolute atomic E-state index is 0.123. The number of hydrogen-bond donors (Lipinski definition) is 2. The number of hydrogen-bond acceptors (Lipinski definition) is 12. The van der Waals surface area contributed by atoms with E-state index in [1.165, 1.54) is 12.8 Å². The highest BCUT2D eigenvalue weighted by Gasteiger charge is 2.46. The number of carbonyl (C=O) groups excluding carboxylic acids is 2. The Hall–Kier alpha value is -6.58. The van der Waals surface area contributed by atoms with Crippen molar-refractivity contribution in [3.8, 4) is 11.5 Å². The summed E-state index contributed by atoms with van der Waals surface area (Å²) in [6, 6.07) is 39.7. The molecule has 2 saturated carbocycles. The summed E-state index contributed by atoms with van der Waals surface area (Å²) < 4.78 is 25.7. The Morgan fingerprint density at radius 1 is 0.554 bits per heavy atom. The number of aliphatic hydroxyl groups is 2. The smallest absolute Gasteiger partial charge is 0.231 e. The molecular weight excluding hydrogens is 937 g/mol. The molecule has 0 bridgehead atoms. The lowest BCUT2D eigenvalue weighted by molar-refractivity contribution is -0.904. The number of carbonyl (C=O) groups is 2. The molecular formula is C60H76N4O10. The summed E-state index contributed by atoms with van der Waals surface area (Å²) in [5.74, 6) is 1.45. The Kier molecular flexibility index (Phi) is 21.2. The maximum absolute atomic E-state index is 12.0. The molecule has 2 heterocycles. The summed E-state index contributed by atoms with van der Waals surface area (Å²) in [6.07, 6.45) is 17.3. The van der Waals surface area contributed by atoms with Crippen LogP contribution in [0.25, 0.3) is 0 Å². The predicted molar refractivity (Wildman–Crippen MR) is 279 cm³/mol. The van der Waals surface area contributed by atoms with Gasteiger partial charge in [-0.05, 0) is 73.2 Å². The van der Waals surface area contributed by atoms with Crippen LogP contribution in [0.1, 0.15) is 111 Å². The molecule has 14 nitrogen and oxygen atoms in total. The number of oxazole rings is 2. The molecule has 6 aromatic rings. The number of aromatic nitrogens is 2. The van der Waals surface area contributed by atoms with Crippen LogP contribution in [0.5, 0.6) is 11.5 Å². The van der Waals surface area contributed by atoms with Crippen LogP contribution in [-0.2, 0) is 33.9 Å². The average Bonchev–Trinajstić information content (AvgIpc) is 4.10. The van der Waals surface area contributed by atoms with Gasteiger partial charge in [0.05, 0.1) is 78.8 Å². The molecule has 2 aromatic heterocycles. The zero-order chi connectivity index (χ0) is 52.9. The molecule has 14 heteroatoms. The van der Waals surface area contributed by atoms with Crippen LogP contribution in [-0.4, -0.2) is 95.6 Å². The number of ether oxygens (including phenoxy) is 2. The highest BCUT2D eigenvalue weighted by Crippen LogP contribution is 2.45. The van der Waals surface area contributed by atoms with Crippen LogP contribution >= 0.6 is 0 Å². The molecule has 74 heavy (non-hydrogen) atoms. The minimum Gasteiger partial charge on any atom is -0.545 e. The first kappa shape index (κ1) is 56.7. The van der Waals surface area contributed by atoms with Crippen molar-refractivity contribution in [2.75, 3.05) is 54.5 Å². The van der Waals surface area contributed by atoms with Crippen molar-refractivity contribution in [1.29, 1.82) is 0 Å². The molecule has 0 saturated heterocycles. The largest absolute Gasteiger partial charge is 0.545 e. The van der Waals surface area contributed by atoms with Crippen LogP contribution in [0.15, 0.2) is 155 Å². The Labute approximate surface area is 437 Å². The maximum Gasteiger partial charge on any atom is 0.231 e. The van der Waals surface area contributed by atoms with Crippen molar-refractivity contribution in [3.63, 3.8) is 0 Å². The predicted octanol–water partition coefficient (Wildman–Crippen LogP) is 8.12. The summed E-state index contributed by atoms with van der Waals surface area (Å²) in [6.45, 7) is 4.70. The summed E-state index contributed by atoms with van der Waals surface area (Å²) in [5, 5.41) is 42.8. The molecule has 396 valence electrons. The third-order valence-corrected chi connectivity index (χ3v) is 13.9. The van der Waals surface area contributed by atoms with Gasteiger partial charge >= 0.3 is 0 Å². The lowest BCUT2D eigenvalue weighted by Crippen LogP contribution is -2.40. The van der Waals surface area contributed by atoms with Crippen molar-refractivity contribution in [1.82, 2.24) is 9.97 Å². The van der Waals surface area contributed by atoms with Gasteiger partial charge in [0.25, 0.3) is 0 Å². The maximum atomic E-state index is 12.0. The van der Waals surface area contributed by atoms with E-state index >= 15 is 0 Å². The fraction of sp³-hybridized carbons (Fsp3) is 0.433. The van der Waals surface area contributed by atoms with Crippen LogP contribution in [0.3, 0.4) is 0 Å². The molecule has 0 radical (unpaired) electrons. The van der Waals surface area contributed by atoms with Gasteiger partial charge in [-0.1, -0.05) is 136 Å². The first-order chi connectivity index (χ1) is 35.6. The zero-order valence-electron chi connectivity index (χ0n) is 43.7. The molecule has 4 aromatic carbocycles. The lowest BCUT2D eigenvalue weighted by atomic mass is 9.73. The van der Waals surface area contributed by atoms with Gasteiger partial charge in [0.1, 0.15) is 24.6 Å². The van der Waals surface area contributed by atoms with E-state index in [4.69, 9.17) is 18.3 Å². The van der Waals surface area contributed by atoms with Crippen LogP contribution in [0.2, 0.25) is 0 Å². The summed E-state index contributed by atoms with van der Waals surface area (Å²) in [4.78, 5) is 28.0. The molecule has 2 atom stereocenters. The number of aliphatic carboxylic acids is 2. The van der Waals surface area contributed by atoms with E-state index in [-0.39, 0.29) is 11.8 Å². The van der Waals surface area contributed by atoms with E-state index in [1.54, 1.807) is 12.4 Å². The zero-order valence-corrected chi connectivity index (χ0v) is 43.7. The third kappa shape index (κ3) is 17.0. The number of carboxylic acid groups (broad SMARTS) is 2. The summed E-state index contributed by atoms with van der Waals surface area (Å²) in [5.41, 5.74) is -0.615. The first-order valence-corrected chi connectivity index (χ1v) is 26.1. The number of benzene rings is 4. The average molecular weight is 1010 g/mol. The number of para-hydroxylation sites is 2. The molecule has 2 aliphatic rings. The normalized spacial score (nSPS) is 16.1. The monoisotopic (exact) mass is 1010 g/mol. The van der Waals surface area contributed by atoms with Gasteiger partial charge in [-0.15, -0.1) is 0 Å². The van der Waals surface area contributed by atoms with Crippen molar-refractivity contribution >= 4 is 11.9 Å². The second-order valence-corrected chi connectivity index (χ2v) is 20.8. The third-order valence-electron chi connectivity index (χ3n) is 13.9. The van der Waals surface area contributed by atoms with E-state index < -0.39 is 23.1 Å². The van der Waals surface area contributed by atoms with Crippen LogP contribution < -0.4 is 19.7 Å². The molecule has 2 N–H and O–H groups in total. The second-order valence-electron chi connectivity index (χ2n) is 20.8. The van der Waals surface area contributed by atoms with E-state index in [2.05, 4.69) is 38.2 Å². The van der Waals surface area contributed by atoms with Gasteiger partial charge < -0.3 is 57.3 Å². The molecule has 8 rings (SSSR count). The molecule has 0 spiro atoms. The SMILES string of the molecule is C[N+](C)(CCCOc1ccccc1)Cc1cnc([C@](O)(c2ccccc2)C2CCCCC2)o1.C[N+](C)(CCCOc1ccccc1)Cc1cnc([C@](O)(c2ccccc2)C2CCCCC2)o1.O=C([O-])C=CC(=O)[O-]. The van der Waals surface area contributed by atoms with Gasteiger partial charge in [-0.25, -0.2) is 9.97 Å².